The van der Waals surface area contributed by atoms with Crippen molar-refractivity contribution in [3.05, 3.63) is 35.4 Å². The van der Waals surface area contributed by atoms with Crippen LogP contribution in [0.4, 0.5) is 0 Å². The Bertz CT molecular complexity index is 447. The predicted molar refractivity (Wildman–Crippen MR) is 81.8 cm³/mol. The summed E-state index contributed by atoms with van der Waals surface area (Å²) >= 11 is 0. The molecule has 0 radical (unpaired) electrons. The van der Waals surface area contributed by atoms with Gasteiger partial charge in [-0.2, -0.15) is 5.26 Å². The lowest BCUT2D eigenvalue weighted by atomic mass is 9.98. The van der Waals surface area contributed by atoms with Crippen molar-refractivity contribution in [2.45, 2.75) is 44.3 Å². The summed E-state index contributed by atoms with van der Waals surface area (Å²) in [6.45, 7) is 1.95. The molecule has 1 aliphatic rings. The number of nitrogens with one attached hydrogen (secondary N) is 1. The third kappa shape index (κ3) is 5.47. The Kier molecular flexibility index (Phi) is 6.68. The Labute approximate surface area is 126 Å². The molecular weight excluding hydrogens is 264 g/mol. The van der Waals surface area contributed by atoms with E-state index in [2.05, 4.69) is 11.4 Å². The fourth-order valence-corrected chi connectivity index (χ4v) is 2.67. The van der Waals surface area contributed by atoms with Crippen LogP contribution in [0.3, 0.4) is 0 Å². The maximum atomic E-state index is 10.0. The number of nitriles is 1. The van der Waals surface area contributed by atoms with Gasteiger partial charge in [0.25, 0.3) is 0 Å². The zero-order valence-electron chi connectivity index (χ0n) is 12.4. The molecule has 0 aromatic heterocycles. The summed E-state index contributed by atoms with van der Waals surface area (Å²) in [4.78, 5) is 0. The lowest BCUT2D eigenvalue weighted by Crippen LogP contribution is -2.27. The molecule has 4 heteroatoms. The largest absolute Gasteiger partial charge is 0.387 e. The fourth-order valence-electron chi connectivity index (χ4n) is 2.67. The number of aliphatic hydroxyl groups is 1. The summed E-state index contributed by atoms with van der Waals surface area (Å²) in [7, 11) is 0. The summed E-state index contributed by atoms with van der Waals surface area (Å²) in [6.07, 6.45) is 6.18. The van der Waals surface area contributed by atoms with E-state index in [9.17, 15) is 5.11 Å². The number of ether oxygens (including phenoxy) is 1. The van der Waals surface area contributed by atoms with Crippen LogP contribution < -0.4 is 5.32 Å². The molecule has 0 spiro atoms. The number of rotatable bonds is 7. The maximum Gasteiger partial charge on any atom is 0.0991 e. The van der Waals surface area contributed by atoms with E-state index in [1.165, 1.54) is 32.1 Å². The fraction of sp³-hybridized carbons (Fsp3) is 0.588. The van der Waals surface area contributed by atoms with Gasteiger partial charge in [0.1, 0.15) is 0 Å². The molecule has 1 atom stereocenters. The highest BCUT2D eigenvalue weighted by molar-refractivity contribution is 5.32. The first-order valence-corrected chi connectivity index (χ1v) is 7.80. The van der Waals surface area contributed by atoms with Gasteiger partial charge >= 0.3 is 0 Å². The predicted octanol–water partition coefficient (Wildman–Crippen LogP) is 2.53. The second-order valence-electron chi connectivity index (χ2n) is 5.58. The van der Waals surface area contributed by atoms with Crippen LogP contribution in [0, 0.1) is 11.3 Å². The van der Waals surface area contributed by atoms with E-state index in [1.54, 1.807) is 24.3 Å². The minimum absolute atomic E-state index is 0.434. The van der Waals surface area contributed by atoms with E-state index < -0.39 is 6.10 Å². The Morgan fingerprint density at radius 3 is 2.62 bits per heavy atom. The lowest BCUT2D eigenvalue weighted by Gasteiger charge is -2.22. The number of hydrogen-bond donors (Lipinski definition) is 2. The maximum absolute atomic E-state index is 10.0. The van der Waals surface area contributed by atoms with Gasteiger partial charge in [0.2, 0.25) is 0 Å². The van der Waals surface area contributed by atoms with E-state index >= 15 is 0 Å². The molecule has 2 rings (SSSR count). The molecule has 2 N–H and O–H groups in total. The lowest BCUT2D eigenvalue weighted by molar-refractivity contribution is 0.0292. The van der Waals surface area contributed by atoms with E-state index in [0.29, 0.717) is 24.8 Å². The second kappa shape index (κ2) is 8.78. The first kappa shape index (κ1) is 16.0. The minimum atomic E-state index is -0.549. The van der Waals surface area contributed by atoms with Crippen LogP contribution >= 0.6 is 0 Å². The molecule has 0 saturated heterocycles. The standard InChI is InChI=1S/C17H24N2O2/c18-12-14-6-8-15(9-7-14)17(20)13-19-10-11-21-16-4-2-1-3-5-16/h6-9,16-17,19-20H,1-5,10-11,13H2. The highest BCUT2D eigenvalue weighted by atomic mass is 16.5. The zero-order chi connectivity index (χ0) is 14.9. The Balaban J connectivity index is 1.60. The van der Waals surface area contributed by atoms with Crippen molar-refractivity contribution in [3.63, 3.8) is 0 Å². The van der Waals surface area contributed by atoms with E-state index in [-0.39, 0.29) is 0 Å². The van der Waals surface area contributed by atoms with E-state index in [1.807, 2.05) is 0 Å². The molecule has 114 valence electrons. The second-order valence-corrected chi connectivity index (χ2v) is 5.58. The van der Waals surface area contributed by atoms with Crippen molar-refractivity contribution in [2.75, 3.05) is 19.7 Å². The van der Waals surface area contributed by atoms with Gasteiger partial charge in [-0.3, -0.25) is 0 Å². The highest BCUT2D eigenvalue weighted by Crippen LogP contribution is 2.19. The summed E-state index contributed by atoms with van der Waals surface area (Å²) in [5.74, 6) is 0. The molecule has 4 nitrogen and oxygen atoms in total. The summed E-state index contributed by atoms with van der Waals surface area (Å²) < 4.78 is 5.82. The van der Waals surface area contributed by atoms with E-state index in [4.69, 9.17) is 10.00 Å². The zero-order valence-corrected chi connectivity index (χ0v) is 12.4. The number of aliphatic hydroxyl groups excluding tert-OH is 1. The first-order valence-electron chi connectivity index (χ1n) is 7.80. The molecule has 1 saturated carbocycles. The van der Waals surface area contributed by atoms with Crippen LogP contribution in [0.1, 0.15) is 49.3 Å². The quantitative estimate of drug-likeness (QED) is 0.757. The Morgan fingerprint density at radius 1 is 1.24 bits per heavy atom. The van der Waals surface area contributed by atoms with Crippen molar-refractivity contribution in [2.24, 2.45) is 0 Å². The van der Waals surface area contributed by atoms with Crippen molar-refractivity contribution < 1.29 is 9.84 Å². The van der Waals surface area contributed by atoms with Crippen LogP contribution in [-0.4, -0.2) is 30.9 Å². The van der Waals surface area contributed by atoms with Crippen LogP contribution in [0.15, 0.2) is 24.3 Å². The molecule has 21 heavy (non-hydrogen) atoms. The SMILES string of the molecule is N#Cc1ccc(C(O)CNCCOC2CCCCC2)cc1. The van der Waals surface area contributed by atoms with Gasteiger partial charge in [0.15, 0.2) is 0 Å². The number of nitrogens with zero attached hydrogens (tertiary/aromatic N) is 1. The van der Waals surface area contributed by atoms with Crippen LogP contribution in [0.2, 0.25) is 0 Å². The van der Waals surface area contributed by atoms with E-state index in [0.717, 1.165) is 12.1 Å². The molecule has 0 bridgehead atoms. The average Bonchev–Trinajstić information content (AvgIpc) is 2.55. The van der Waals surface area contributed by atoms with Gasteiger partial charge in [-0.25, -0.2) is 0 Å². The van der Waals surface area contributed by atoms with Crippen LogP contribution in [-0.2, 0) is 4.74 Å². The normalized spacial score (nSPS) is 17.3. The molecule has 1 aromatic rings. The van der Waals surface area contributed by atoms with Gasteiger partial charge in [-0.05, 0) is 30.5 Å². The topological polar surface area (TPSA) is 65.3 Å². The van der Waals surface area contributed by atoms with Crippen LogP contribution in [0.25, 0.3) is 0 Å². The molecule has 1 aliphatic carbocycles. The van der Waals surface area contributed by atoms with Gasteiger partial charge < -0.3 is 15.2 Å². The highest BCUT2D eigenvalue weighted by Gasteiger charge is 2.13. The van der Waals surface area contributed by atoms with Crippen molar-refractivity contribution >= 4 is 0 Å². The molecule has 0 aliphatic heterocycles. The number of benzene rings is 1. The monoisotopic (exact) mass is 288 g/mol. The molecule has 0 amide bonds. The Hall–Kier alpha value is -1.41. The summed E-state index contributed by atoms with van der Waals surface area (Å²) in [6, 6.07) is 9.11. The number of hydrogen-bond acceptors (Lipinski definition) is 4. The molecular formula is C17H24N2O2. The molecule has 1 unspecified atom stereocenters. The summed E-state index contributed by atoms with van der Waals surface area (Å²) in [5.41, 5.74) is 1.44. The van der Waals surface area contributed by atoms with Crippen LogP contribution in [0.5, 0.6) is 0 Å². The average molecular weight is 288 g/mol. The molecule has 0 heterocycles. The van der Waals surface area contributed by atoms with Gasteiger partial charge in [-0.1, -0.05) is 31.4 Å². The van der Waals surface area contributed by atoms with Crippen molar-refractivity contribution in [1.82, 2.24) is 5.32 Å². The smallest absolute Gasteiger partial charge is 0.0991 e. The molecule has 1 aromatic carbocycles. The first-order chi connectivity index (χ1) is 10.3. The molecule has 1 fully saturated rings. The van der Waals surface area contributed by atoms with Gasteiger partial charge in [0, 0.05) is 13.1 Å². The van der Waals surface area contributed by atoms with Crippen molar-refractivity contribution in [3.8, 4) is 6.07 Å². The third-order valence-corrected chi connectivity index (χ3v) is 3.95. The van der Waals surface area contributed by atoms with Gasteiger partial charge in [0.05, 0.1) is 30.4 Å². The minimum Gasteiger partial charge on any atom is -0.387 e. The Morgan fingerprint density at radius 2 is 1.95 bits per heavy atom. The van der Waals surface area contributed by atoms with Crippen molar-refractivity contribution in [1.29, 1.82) is 5.26 Å². The third-order valence-electron chi connectivity index (χ3n) is 3.95. The summed E-state index contributed by atoms with van der Waals surface area (Å²) in [5, 5.41) is 22.0. The van der Waals surface area contributed by atoms with Gasteiger partial charge in [-0.15, -0.1) is 0 Å².